The topological polar surface area (TPSA) is 133 Å². The Hall–Kier alpha value is -3.05. The van der Waals surface area contributed by atoms with Gasteiger partial charge in [0.1, 0.15) is 0 Å². The van der Waals surface area contributed by atoms with Gasteiger partial charge in [0.05, 0.1) is 17.1 Å². The Morgan fingerprint density at radius 3 is 2.65 bits per heavy atom. The molecule has 1 aromatic carbocycles. The summed E-state index contributed by atoms with van der Waals surface area (Å²) in [6.07, 6.45) is 1.48. The van der Waals surface area contributed by atoms with Crippen LogP contribution in [-0.2, 0) is 10.0 Å². The van der Waals surface area contributed by atoms with Crippen LogP contribution < -0.4 is 0 Å². The lowest BCUT2D eigenvalue weighted by molar-refractivity contribution is -0.387. The highest BCUT2D eigenvalue weighted by molar-refractivity contribution is 7.89. The van der Waals surface area contributed by atoms with Crippen LogP contribution in [-0.4, -0.2) is 40.9 Å². The zero-order chi connectivity index (χ0) is 18.3. The van der Waals surface area contributed by atoms with Crippen LogP contribution in [0, 0.1) is 10.1 Å². The molecule has 0 atom stereocenters. The van der Waals surface area contributed by atoms with E-state index in [2.05, 4.69) is 10.1 Å². The van der Waals surface area contributed by atoms with Gasteiger partial charge in [0.15, 0.2) is 10.7 Å². The molecule has 0 amide bonds. The smallest absolute Gasteiger partial charge is 0.289 e. The third-order valence-corrected chi connectivity index (χ3v) is 5.94. The van der Waals surface area contributed by atoms with E-state index in [-0.39, 0.29) is 29.7 Å². The van der Waals surface area contributed by atoms with Crippen molar-refractivity contribution in [1.29, 1.82) is 0 Å². The van der Waals surface area contributed by atoms with Crippen LogP contribution >= 0.6 is 0 Å². The zero-order valence-electron chi connectivity index (χ0n) is 13.2. The molecule has 1 saturated heterocycles. The van der Waals surface area contributed by atoms with Crippen LogP contribution in [0.2, 0.25) is 0 Å². The van der Waals surface area contributed by atoms with E-state index < -0.39 is 20.6 Å². The Kier molecular flexibility index (Phi) is 3.81. The van der Waals surface area contributed by atoms with Crippen LogP contribution in [0.3, 0.4) is 0 Å². The summed E-state index contributed by atoms with van der Waals surface area (Å²) >= 11 is 0. The molecule has 0 unspecified atom stereocenters. The lowest BCUT2D eigenvalue weighted by Gasteiger charge is -2.35. The maximum Gasteiger partial charge on any atom is 0.289 e. The van der Waals surface area contributed by atoms with Crippen molar-refractivity contribution in [3.63, 3.8) is 0 Å². The Morgan fingerprint density at radius 2 is 1.96 bits per heavy atom. The van der Waals surface area contributed by atoms with Crippen LogP contribution in [0.25, 0.3) is 11.6 Å². The molecule has 2 aromatic heterocycles. The molecule has 11 heteroatoms. The average molecular weight is 376 g/mol. The first-order chi connectivity index (χ1) is 12.5. The minimum Gasteiger partial charge on any atom is -0.461 e. The monoisotopic (exact) mass is 376 g/mol. The highest BCUT2D eigenvalue weighted by Crippen LogP contribution is 2.34. The lowest BCUT2D eigenvalue weighted by atomic mass is 10.0. The number of aromatic nitrogens is 2. The van der Waals surface area contributed by atoms with Crippen molar-refractivity contribution in [2.24, 2.45) is 0 Å². The lowest BCUT2D eigenvalue weighted by Crippen LogP contribution is -2.48. The van der Waals surface area contributed by atoms with Crippen LogP contribution in [0.15, 0.2) is 56.5 Å². The molecule has 0 bridgehead atoms. The van der Waals surface area contributed by atoms with Gasteiger partial charge in [0.25, 0.3) is 5.69 Å². The van der Waals surface area contributed by atoms with E-state index in [0.717, 1.165) is 10.4 Å². The van der Waals surface area contributed by atoms with Crippen LogP contribution in [0.4, 0.5) is 5.69 Å². The van der Waals surface area contributed by atoms with E-state index in [1.807, 2.05) is 0 Å². The Bertz CT molecular complexity index is 1050. The van der Waals surface area contributed by atoms with Gasteiger partial charge in [-0.2, -0.15) is 9.29 Å². The molecule has 4 rings (SSSR count). The number of hydrogen-bond donors (Lipinski definition) is 0. The first-order valence-corrected chi connectivity index (χ1v) is 9.02. The van der Waals surface area contributed by atoms with Gasteiger partial charge >= 0.3 is 0 Å². The molecular weight excluding hydrogens is 364 g/mol. The number of para-hydroxylation sites is 1. The molecule has 0 spiro atoms. The van der Waals surface area contributed by atoms with Crippen molar-refractivity contribution in [2.45, 2.75) is 10.8 Å². The van der Waals surface area contributed by atoms with Crippen LogP contribution in [0.5, 0.6) is 0 Å². The Balaban J connectivity index is 1.52. The predicted octanol–water partition coefficient (Wildman–Crippen LogP) is 2.03. The van der Waals surface area contributed by atoms with Crippen molar-refractivity contribution < 1.29 is 22.3 Å². The first kappa shape index (κ1) is 16.4. The minimum atomic E-state index is -3.97. The summed E-state index contributed by atoms with van der Waals surface area (Å²) in [5.74, 6) is 0.753. The maximum atomic E-state index is 12.6. The predicted molar refractivity (Wildman–Crippen MR) is 86.6 cm³/mol. The quantitative estimate of drug-likeness (QED) is 0.488. The van der Waals surface area contributed by atoms with E-state index in [1.54, 1.807) is 12.1 Å². The summed E-state index contributed by atoms with van der Waals surface area (Å²) in [6, 6.07) is 8.63. The second-order valence-electron chi connectivity index (χ2n) is 5.68. The maximum absolute atomic E-state index is 12.6. The number of nitro benzene ring substituents is 1. The van der Waals surface area contributed by atoms with E-state index >= 15 is 0 Å². The second-order valence-corrected chi connectivity index (χ2v) is 7.58. The largest absolute Gasteiger partial charge is 0.461 e. The van der Waals surface area contributed by atoms with Gasteiger partial charge < -0.3 is 8.94 Å². The van der Waals surface area contributed by atoms with Crippen molar-refractivity contribution in [1.82, 2.24) is 14.4 Å². The number of furan rings is 1. The first-order valence-electron chi connectivity index (χ1n) is 7.58. The second kappa shape index (κ2) is 6.04. The Labute approximate surface area is 147 Å². The fraction of sp³-hybridized carbons (Fsp3) is 0.200. The fourth-order valence-corrected chi connectivity index (χ4v) is 4.35. The highest BCUT2D eigenvalue weighted by atomic mass is 32.2. The molecule has 1 fully saturated rings. The molecule has 10 nitrogen and oxygen atoms in total. The highest BCUT2D eigenvalue weighted by Gasteiger charge is 2.42. The van der Waals surface area contributed by atoms with Gasteiger partial charge in [-0.3, -0.25) is 10.1 Å². The molecule has 0 N–H and O–H groups in total. The molecular formula is C15H12N4O6S. The van der Waals surface area contributed by atoms with Crippen molar-refractivity contribution in [3.05, 3.63) is 58.7 Å². The summed E-state index contributed by atoms with van der Waals surface area (Å²) < 4.78 is 36.8. The molecule has 26 heavy (non-hydrogen) atoms. The summed E-state index contributed by atoms with van der Waals surface area (Å²) in [5, 5.41) is 14.9. The number of nitrogens with zero attached hydrogens (tertiary/aromatic N) is 4. The molecule has 0 saturated carbocycles. The number of hydrogen-bond acceptors (Lipinski definition) is 8. The number of sulfonamides is 1. The van der Waals surface area contributed by atoms with Crippen molar-refractivity contribution in [2.75, 3.05) is 13.1 Å². The minimum absolute atomic E-state index is 0.105. The normalized spacial score (nSPS) is 15.7. The number of nitro groups is 1. The molecule has 3 aromatic rings. The van der Waals surface area contributed by atoms with E-state index in [9.17, 15) is 18.5 Å². The molecule has 0 aliphatic carbocycles. The molecule has 1 aliphatic rings. The van der Waals surface area contributed by atoms with Gasteiger partial charge in [-0.15, -0.1) is 0 Å². The fourth-order valence-electron chi connectivity index (χ4n) is 2.66. The van der Waals surface area contributed by atoms with E-state index in [4.69, 9.17) is 8.94 Å². The van der Waals surface area contributed by atoms with Crippen molar-refractivity contribution in [3.8, 4) is 11.6 Å². The zero-order valence-corrected chi connectivity index (χ0v) is 14.0. The average Bonchev–Trinajstić information content (AvgIpc) is 3.24. The van der Waals surface area contributed by atoms with Gasteiger partial charge in [-0.05, 0) is 18.2 Å². The Morgan fingerprint density at radius 1 is 1.19 bits per heavy atom. The van der Waals surface area contributed by atoms with Gasteiger partial charge in [0.2, 0.25) is 21.7 Å². The van der Waals surface area contributed by atoms with Gasteiger partial charge in [0, 0.05) is 19.2 Å². The molecule has 3 heterocycles. The summed E-state index contributed by atoms with van der Waals surface area (Å²) in [5.41, 5.74) is -0.450. The standard InChI is InChI=1S/C15H12N4O6S/c20-19(21)11-4-1-2-6-13(11)26(22,23)18-8-10(9-18)15-16-14(17-25-15)12-5-3-7-24-12/h1-7,10H,8-9H2. The number of rotatable bonds is 5. The van der Waals surface area contributed by atoms with Gasteiger partial charge in [-0.25, -0.2) is 8.42 Å². The summed E-state index contributed by atoms with van der Waals surface area (Å²) in [7, 11) is -3.97. The van der Waals surface area contributed by atoms with E-state index in [1.165, 1.54) is 24.5 Å². The summed E-state index contributed by atoms with van der Waals surface area (Å²) in [4.78, 5) is 14.2. The van der Waals surface area contributed by atoms with Crippen molar-refractivity contribution >= 4 is 15.7 Å². The van der Waals surface area contributed by atoms with Gasteiger partial charge in [-0.1, -0.05) is 17.3 Å². The van der Waals surface area contributed by atoms with E-state index in [0.29, 0.717) is 11.7 Å². The molecule has 0 radical (unpaired) electrons. The third kappa shape index (κ3) is 2.66. The molecule has 134 valence electrons. The van der Waals surface area contributed by atoms with Crippen LogP contribution in [0.1, 0.15) is 11.8 Å². The number of benzene rings is 1. The molecule has 1 aliphatic heterocycles. The SMILES string of the molecule is O=[N+]([O-])c1ccccc1S(=O)(=O)N1CC(c2nc(-c3ccco3)no2)C1. The summed E-state index contributed by atoms with van der Waals surface area (Å²) in [6.45, 7) is 0.211. The third-order valence-electron chi connectivity index (χ3n) is 4.06.